The van der Waals surface area contributed by atoms with Gasteiger partial charge in [0.25, 0.3) is 0 Å². The number of nitrogens with zero attached hydrogens (tertiary/aromatic N) is 1. The van der Waals surface area contributed by atoms with Crippen molar-refractivity contribution in [2.24, 2.45) is 0 Å². The van der Waals surface area contributed by atoms with Gasteiger partial charge in [0.05, 0.1) is 6.42 Å². The van der Waals surface area contributed by atoms with Crippen molar-refractivity contribution < 1.29 is 9.53 Å². The minimum atomic E-state index is 0.279. The summed E-state index contributed by atoms with van der Waals surface area (Å²) in [7, 11) is 4.02. The average molecular weight is 231 g/mol. The maximum absolute atomic E-state index is 10.1. The highest BCUT2D eigenvalue weighted by Crippen LogP contribution is 2.11. The molecular weight excluding hydrogens is 214 g/mol. The van der Waals surface area contributed by atoms with Crippen LogP contribution in [0.2, 0.25) is 0 Å². The molecule has 90 valence electrons. The van der Waals surface area contributed by atoms with Gasteiger partial charge in [0, 0.05) is 12.1 Å². The van der Waals surface area contributed by atoms with E-state index in [1.165, 1.54) is 0 Å². The van der Waals surface area contributed by atoms with E-state index in [0.717, 1.165) is 24.1 Å². The highest BCUT2D eigenvalue weighted by atomic mass is 16.5. The third-order valence-electron chi connectivity index (χ3n) is 2.08. The van der Waals surface area contributed by atoms with Crippen LogP contribution < -0.4 is 4.74 Å². The van der Waals surface area contributed by atoms with E-state index in [0.29, 0.717) is 6.61 Å². The lowest BCUT2D eigenvalue weighted by Crippen LogP contribution is -2.19. The van der Waals surface area contributed by atoms with Crippen LogP contribution >= 0.6 is 0 Å². The first-order chi connectivity index (χ1) is 8.22. The van der Waals surface area contributed by atoms with E-state index in [4.69, 9.17) is 4.74 Å². The first-order valence-corrected chi connectivity index (χ1v) is 5.52. The van der Waals surface area contributed by atoms with Crippen molar-refractivity contribution >= 4 is 6.29 Å². The topological polar surface area (TPSA) is 29.5 Å². The number of carbonyl (C=O) groups is 1. The highest BCUT2D eigenvalue weighted by molar-refractivity contribution is 5.55. The fourth-order valence-corrected chi connectivity index (χ4v) is 1.18. The Bertz CT molecular complexity index is 398. The Hall–Kier alpha value is -1.79. The van der Waals surface area contributed by atoms with Crippen LogP contribution in [0.1, 0.15) is 12.0 Å². The van der Waals surface area contributed by atoms with E-state index >= 15 is 0 Å². The largest absolute Gasteiger partial charge is 0.492 e. The Balaban J connectivity index is 2.45. The average Bonchev–Trinajstić information content (AvgIpc) is 2.31. The van der Waals surface area contributed by atoms with Crippen LogP contribution in [0.4, 0.5) is 0 Å². The molecule has 0 amide bonds. The number of rotatable bonds is 5. The Labute approximate surface area is 102 Å². The number of hydrogen-bond acceptors (Lipinski definition) is 3. The summed E-state index contributed by atoms with van der Waals surface area (Å²) in [6.07, 6.45) is 1.08. The third kappa shape index (κ3) is 5.74. The van der Waals surface area contributed by atoms with Crippen molar-refractivity contribution in [3.63, 3.8) is 0 Å². The van der Waals surface area contributed by atoms with E-state index in [9.17, 15) is 4.79 Å². The van der Waals surface area contributed by atoms with Crippen LogP contribution in [0.15, 0.2) is 24.3 Å². The first-order valence-electron chi connectivity index (χ1n) is 5.52. The SMILES string of the molecule is CN(C)CCOc1ccc(C#CCC=O)cc1. The number of hydrogen-bond donors (Lipinski definition) is 0. The van der Waals surface area contributed by atoms with Crippen LogP contribution in [0.3, 0.4) is 0 Å². The molecule has 0 heterocycles. The molecule has 1 rings (SSSR count). The van der Waals surface area contributed by atoms with Crippen LogP contribution in [-0.4, -0.2) is 38.4 Å². The number of likely N-dealkylation sites (N-methyl/N-ethyl adjacent to an activating group) is 1. The summed E-state index contributed by atoms with van der Waals surface area (Å²) in [5.74, 6) is 6.51. The van der Waals surface area contributed by atoms with Crippen LogP contribution in [0.25, 0.3) is 0 Å². The van der Waals surface area contributed by atoms with Gasteiger partial charge in [-0.1, -0.05) is 11.8 Å². The lowest BCUT2D eigenvalue weighted by molar-refractivity contribution is -0.107. The summed E-state index contributed by atoms with van der Waals surface area (Å²) in [5.41, 5.74) is 0.895. The van der Waals surface area contributed by atoms with E-state index in [1.54, 1.807) is 0 Å². The Morgan fingerprint density at radius 3 is 2.59 bits per heavy atom. The minimum absolute atomic E-state index is 0.279. The van der Waals surface area contributed by atoms with Crippen molar-refractivity contribution in [1.29, 1.82) is 0 Å². The van der Waals surface area contributed by atoms with Gasteiger partial charge >= 0.3 is 0 Å². The molecule has 3 heteroatoms. The van der Waals surface area contributed by atoms with Gasteiger partial charge in [-0.3, -0.25) is 0 Å². The van der Waals surface area contributed by atoms with E-state index in [2.05, 4.69) is 16.7 Å². The van der Waals surface area contributed by atoms with Gasteiger partial charge in [-0.05, 0) is 38.4 Å². The zero-order valence-electron chi connectivity index (χ0n) is 10.3. The number of carbonyl (C=O) groups excluding carboxylic acids is 1. The molecule has 17 heavy (non-hydrogen) atoms. The number of ether oxygens (including phenoxy) is 1. The highest BCUT2D eigenvalue weighted by Gasteiger charge is 1.94. The molecule has 1 aromatic rings. The standard InChI is InChI=1S/C14H17NO2/c1-15(2)10-12-17-14-8-6-13(7-9-14)5-3-4-11-16/h6-9,11H,4,10,12H2,1-2H3. The molecule has 0 saturated heterocycles. The fraction of sp³-hybridized carbons (Fsp3) is 0.357. The maximum atomic E-state index is 10.1. The molecule has 1 aromatic carbocycles. The monoisotopic (exact) mass is 231 g/mol. The van der Waals surface area contributed by atoms with Gasteiger partial charge in [-0.25, -0.2) is 0 Å². The Morgan fingerprint density at radius 1 is 1.29 bits per heavy atom. The van der Waals surface area contributed by atoms with Gasteiger partial charge in [0.1, 0.15) is 18.6 Å². The lowest BCUT2D eigenvalue weighted by atomic mass is 10.2. The molecule has 0 unspecified atom stereocenters. The molecule has 0 atom stereocenters. The van der Waals surface area contributed by atoms with Gasteiger partial charge in [0.2, 0.25) is 0 Å². The smallest absolute Gasteiger partial charge is 0.131 e. The minimum Gasteiger partial charge on any atom is -0.492 e. The van der Waals surface area contributed by atoms with Crippen LogP contribution in [0.5, 0.6) is 5.75 Å². The van der Waals surface area contributed by atoms with Gasteiger partial charge in [-0.15, -0.1) is 0 Å². The first kappa shape index (κ1) is 13.3. The van der Waals surface area contributed by atoms with Crippen LogP contribution in [0, 0.1) is 11.8 Å². The lowest BCUT2D eigenvalue weighted by Gasteiger charge is -2.10. The summed E-state index contributed by atoms with van der Waals surface area (Å²) in [6.45, 7) is 1.56. The molecule has 0 radical (unpaired) electrons. The van der Waals surface area contributed by atoms with Crippen LogP contribution in [-0.2, 0) is 4.79 Å². The molecular formula is C14H17NO2. The Morgan fingerprint density at radius 2 is 2.00 bits per heavy atom. The molecule has 0 saturated carbocycles. The molecule has 0 aliphatic heterocycles. The normalized spacial score (nSPS) is 9.59. The van der Waals surface area contributed by atoms with Gasteiger partial charge < -0.3 is 14.4 Å². The molecule has 0 aliphatic carbocycles. The second kappa shape index (κ2) is 7.48. The quantitative estimate of drug-likeness (QED) is 0.569. The van der Waals surface area contributed by atoms with Crippen molar-refractivity contribution in [3.8, 4) is 17.6 Å². The van der Waals surface area contributed by atoms with Crippen molar-refractivity contribution in [3.05, 3.63) is 29.8 Å². The number of benzene rings is 1. The predicted octanol–water partition coefficient (Wildman–Crippen LogP) is 1.57. The van der Waals surface area contributed by atoms with Crippen molar-refractivity contribution in [1.82, 2.24) is 4.90 Å². The summed E-state index contributed by atoms with van der Waals surface area (Å²) in [5, 5.41) is 0. The molecule has 0 spiro atoms. The van der Waals surface area contributed by atoms with E-state index in [1.807, 2.05) is 38.4 Å². The predicted molar refractivity (Wildman–Crippen MR) is 68.1 cm³/mol. The van der Waals surface area contributed by atoms with Crippen molar-refractivity contribution in [2.75, 3.05) is 27.2 Å². The third-order valence-corrected chi connectivity index (χ3v) is 2.08. The van der Waals surface area contributed by atoms with Crippen molar-refractivity contribution in [2.45, 2.75) is 6.42 Å². The maximum Gasteiger partial charge on any atom is 0.131 e. The van der Waals surface area contributed by atoms with E-state index < -0.39 is 0 Å². The molecule has 0 aliphatic rings. The molecule has 3 nitrogen and oxygen atoms in total. The van der Waals surface area contributed by atoms with Gasteiger partial charge in [-0.2, -0.15) is 0 Å². The molecule has 0 aromatic heterocycles. The summed E-state index contributed by atoms with van der Waals surface area (Å²) < 4.78 is 5.55. The number of aldehydes is 1. The fourth-order valence-electron chi connectivity index (χ4n) is 1.18. The van der Waals surface area contributed by atoms with Gasteiger partial charge in [0.15, 0.2) is 0 Å². The van der Waals surface area contributed by atoms with E-state index in [-0.39, 0.29) is 6.42 Å². The molecule has 0 N–H and O–H groups in total. The molecule has 0 fully saturated rings. The summed E-state index contributed by atoms with van der Waals surface area (Å²) in [6, 6.07) is 7.56. The zero-order chi connectivity index (χ0) is 12.5. The summed E-state index contributed by atoms with van der Waals surface area (Å²) >= 11 is 0. The molecule has 0 bridgehead atoms. The second-order valence-electron chi connectivity index (χ2n) is 3.85. The second-order valence-corrected chi connectivity index (χ2v) is 3.85. The zero-order valence-corrected chi connectivity index (χ0v) is 10.3. The summed E-state index contributed by atoms with van der Waals surface area (Å²) in [4.78, 5) is 12.2. The Kier molecular flexibility index (Phi) is 5.84.